The number of hydrogen-bond donors (Lipinski definition) is 1. The number of piperidine rings is 1. The van der Waals surface area contributed by atoms with Gasteiger partial charge in [0.2, 0.25) is 5.91 Å². The first-order valence-corrected chi connectivity index (χ1v) is 7.35. The number of hydrogen-bond acceptors (Lipinski definition) is 3. The normalized spacial score (nSPS) is 18.9. The lowest BCUT2D eigenvalue weighted by atomic mass is 9.97. The molecule has 2 rings (SSSR count). The standard InChI is InChI=1S/C13H15Cl2F2N3O/c14-9-4-10(15)12(18-5-9)20-3-1-2-8(7-20)13(21)19-6-11(16)17/h4-5,8,11H,1-3,6-7H2,(H,19,21). The van der Waals surface area contributed by atoms with Crippen LogP contribution < -0.4 is 10.2 Å². The average molecular weight is 338 g/mol. The molecule has 1 unspecified atom stereocenters. The van der Waals surface area contributed by atoms with Crippen LogP contribution in [0.1, 0.15) is 12.8 Å². The summed E-state index contributed by atoms with van der Waals surface area (Å²) in [7, 11) is 0. The number of carbonyl (C=O) groups excluding carboxylic acids is 1. The molecule has 1 amide bonds. The van der Waals surface area contributed by atoms with Crippen LogP contribution in [0.15, 0.2) is 12.3 Å². The third-order valence-electron chi connectivity index (χ3n) is 3.31. The zero-order chi connectivity index (χ0) is 15.4. The van der Waals surface area contributed by atoms with Gasteiger partial charge in [0.05, 0.1) is 22.5 Å². The SMILES string of the molecule is O=C(NCC(F)F)C1CCCN(c2ncc(Cl)cc2Cl)C1. The fraction of sp³-hybridized carbons (Fsp3) is 0.538. The third-order valence-corrected chi connectivity index (χ3v) is 3.80. The van der Waals surface area contributed by atoms with Gasteiger partial charge < -0.3 is 10.2 Å². The van der Waals surface area contributed by atoms with E-state index in [1.807, 2.05) is 4.90 Å². The summed E-state index contributed by atoms with van der Waals surface area (Å²) in [6, 6.07) is 1.59. The molecule has 1 atom stereocenters. The number of alkyl halides is 2. The summed E-state index contributed by atoms with van der Waals surface area (Å²) in [5, 5.41) is 3.11. The topological polar surface area (TPSA) is 45.2 Å². The molecule has 1 N–H and O–H groups in total. The van der Waals surface area contributed by atoms with Crippen molar-refractivity contribution in [1.82, 2.24) is 10.3 Å². The van der Waals surface area contributed by atoms with Crippen molar-refractivity contribution in [1.29, 1.82) is 0 Å². The Kier molecular flexibility index (Phi) is 5.58. The van der Waals surface area contributed by atoms with Gasteiger partial charge in [-0.25, -0.2) is 13.8 Å². The first-order valence-electron chi connectivity index (χ1n) is 6.59. The van der Waals surface area contributed by atoms with Gasteiger partial charge in [-0.1, -0.05) is 23.2 Å². The second kappa shape index (κ2) is 7.22. The van der Waals surface area contributed by atoms with Crippen LogP contribution in [0, 0.1) is 5.92 Å². The molecule has 116 valence electrons. The molecule has 2 heterocycles. The van der Waals surface area contributed by atoms with E-state index >= 15 is 0 Å². The first kappa shape index (κ1) is 16.2. The predicted octanol–water partition coefficient (Wildman–Crippen LogP) is 2.99. The molecule has 0 radical (unpaired) electrons. The Morgan fingerprint density at radius 2 is 2.29 bits per heavy atom. The molecule has 1 saturated heterocycles. The van der Waals surface area contributed by atoms with Crippen LogP contribution in [-0.4, -0.2) is 37.0 Å². The molecule has 0 aliphatic carbocycles. The zero-order valence-corrected chi connectivity index (χ0v) is 12.7. The fourth-order valence-corrected chi connectivity index (χ4v) is 2.85. The molecule has 0 bridgehead atoms. The van der Waals surface area contributed by atoms with Gasteiger partial charge in [0.25, 0.3) is 6.43 Å². The zero-order valence-electron chi connectivity index (χ0n) is 11.2. The van der Waals surface area contributed by atoms with Crippen molar-refractivity contribution in [3.8, 4) is 0 Å². The maximum absolute atomic E-state index is 12.1. The van der Waals surface area contributed by atoms with Gasteiger partial charge in [-0.3, -0.25) is 4.79 Å². The molecule has 4 nitrogen and oxygen atoms in total. The number of carbonyl (C=O) groups is 1. The minimum absolute atomic E-state index is 0.342. The summed E-state index contributed by atoms with van der Waals surface area (Å²) < 4.78 is 24.3. The molecule has 0 saturated carbocycles. The number of halogens is 4. The Balaban J connectivity index is 2.01. The molecule has 1 aliphatic rings. The number of rotatable bonds is 4. The third kappa shape index (κ3) is 4.41. The monoisotopic (exact) mass is 337 g/mol. The van der Waals surface area contributed by atoms with Crippen molar-refractivity contribution in [2.24, 2.45) is 5.92 Å². The average Bonchev–Trinajstić information content (AvgIpc) is 2.45. The number of pyridine rings is 1. The molecule has 1 aromatic heterocycles. The molecule has 1 aromatic rings. The van der Waals surface area contributed by atoms with Gasteiger partial charge in [-0.05, 0) is 18.9 Å². The Bertz CT molecular complexity index is 516. The van der Waals surface area contributed by atoms with Crippen molar-refractivity contribution in [3.05, 3.63) is 22.3 Å². The van der Waals surface area contributed by atoms with E-state index in [4.69, 9.17) is 23.2 Å². The summed E-state index contributed by atoms with van der Waals surface area (Å²) in [4.78, 5) is 17.9. The van der Waals surface area contributed by atoms with Crippen LogP contribution in [0.3, 0.4) is 0 Å². The van der Waals surface area contributed by atoms with Gasteiger partial charge in [-0.2, -0.15) is 0 Å². The smallest absolute Gasteiger partial charge is 0.255 e. The maximum Gasteiger partial charge on any atom is 0.255 e. The van der Waals surface area contributed by atoms with Crippen molar-refractivity contribution >= 4 is 34.9 Å². The fourth-order valence-electron chi connectivity index (χ4n) is 2.35. The highest BCUT2D eigenvalue weighted by Crippen LogP contribution is 2.29. The number of aromatic nitrogens is 1. The van der Waals surface area contributed by atoms with Crippen LogP contribution >= 0.6 is 23.2 Å². The van der Waals surface area contributed by atoms with Crippen LogP contribution in [0.25, 0.3) is 0 Å². The lowest BCUT2D eigenvalue weighted by molar-refractivity contribution is -0.125. The predicted molar refractivity (Wildman–Crippen MR) is 78.2 cm³/mol. The number of nitrogens with zero attached hydrogens (tertiary/aromatic N) is 2. The van der Waals surface area contributed by atoms with Gasteiger partial charge in [0.1, 0.15) is 5.82 Å². The Hall–Kier alpha value is -1.14. The minimum Gasteiger partial charge on any atom is -0.355 e. The lowest BCUT2D eigenvalue weighted by Gasteiger charge is -2.33. The summed E-state index contributed by atoms with van der Waals surface area (Å²) in [5.74, 6) is -0.136. The highest BCUT2D eigenvalue weighted by Gasteiger charge is 2.27. The molecular formula is C13H15Cl2F2N3O. The summed E-state index contributed by atoms with van der Waals surface area (Å²) >= 11 is 11.9. The second-order valence-corrected chi connectivity index (χ2v) is 5.72. The molecule has 1 aliphatic heterocycles. The van der Waals surface area contributed by atoms with E-state index in [-0.39, 0.29) is 11.8 Å². The Morgan fingerprint density at radius 3 is 2.95 bits per heavy atom. The molecule has 1 fully saturated rings. The number of anilines is 1. The largest absolute Gasteiger partial charge is 0.355 e. The first-order chi connectivity index (χ1) is 9.97. The molecule has 0 aromatic carbocycles. The highest BCUT2D eigenvalue weighted by molar-refractivity contribution is 6.36. The van der Waals surface area contributed by atoms with E-state index in [9.17, 15) is 13.6 Å². The minimum atomic E-state index is -2.54. The van der Waals surface area contributed by atoms with Crippen molar-refractivity contribution in [2.75, 3.05) is 24.5 Å². The van der Waals surface area contributed by atoms with Crippen LogP contribution in [-0.2, 0) is 4.79 Å². The van der Waals surface area contributed by atoms with Crippen molar-refractivity contribution in [2.45, 2.75) is 19.3 Å². The Labute approximate surface area is 131 Å². The van der Waals surface area contributed by atoms with E-state index in [1.165, 1.54) is 6.20 Å². The molecule has 0 spiro atoms. The van der Waals surface area contributed by atoms with E-state index in [0.29, 0.717) is 35.4 Å². The quantitative estimate of drug-likeness (QED) is 0.918. The van der Waals surface area contributed by atoms with E-state index in [0.717, 1.165) is 6.42 Å². The number of nitrogens with one attached hydrogen (secondary N) is 1. The Morgan fingerprint density at radius 1 is 1.52 bits per heavy atom. The van der Waals surface area contributed by atoms with Crippen LogP contribution in [0.2, 0.25) is 10.0 Å². The van der Waals surface area contributed by atoms with Crippen LogP contribution in [0.5, 0.6) is 0 Å². The second-order valence-electron chi connectivity index (χ2n) is 4.88. The highest BCUT2D eigenvalue weighted by atomic mass is 35.5. The molecule has 21 heavy (non-hydrogen) atoms. The van der Waals surface area contributed by atoms with Gasteiger partial charge in [0, 0.05) is 19.3 Å². The summed E-state index contributed by atoms with van der Waals surface area (Å²) in [6.45, 7) is 0.506. The van der Waals surface area contributed by atoms with Gasteiger partial charge in [-0.15, -0.1) is 0 Å². The van der Waals surface area contributed by atoms with E-state index in [1.54, 1.807) is 6.07 Å². The summed E-state index contributed by atoms with van der Waals surface area (Å²) in [5.41, 5.74) is 0. The van der Waals surface area contributed by atoms with Gasteiger partial charge in [0.15, 0.2) is 0 Å². The summed E-state index contributed by atoms with van der Waals surface area (Å²) in [6.07, 6.45) is 0.383. The van der Waals surface area contributed by atoms with Crippen molar-refractivity contribution < 1.29 is 13.6 Å². The lowest BCUT2D eigenvalue weighted by Crippen LogP contribution is -2.44. The molecule has 8 heteroatoms. The van der Waals surface area contributed by atoms with E-state index < -0.39 is 13.0 Å². The van der Waals surface area contributed by atoms with Gasteiger partial charge >= 0.3 is 0 Å². The van der Waals surface area contributed by atoms with E-state index in [2.05, 4.69) is 10.3 Å². The molecular weight excluding hydrogens is 323 g/mol. The maximum atomic E-state index is 12.1. The number of amides is 1. The van der Waals surface area contributed by atoms with Crippen molar-refractivity contribution in [3.63, 3.8) is 0 Å². The van der Waals surface area contributed by atoms with Crippen LogP contribution in [0.4, 0.5) is 14.6 Å².